The molecule has 0 saturated heterocycles. The molecular weight excluding hydrogens is 224 g/mol. The van der Waals surface area contributed by atoms with Gasteiger partial charge >= 0.3 is 5.97 Å². The van der Waals surface area contributed by atoms with Crippen molar-refractivity contribution in [2.45, 2.75) is 26.7 Å². The van der Waals surface area contributed by atoms with Crippen LogP contribution in [0, 0.1) is 5.41 Å². The maximum absolute atomic E-state index is 11.2. The smallest absolute Gasteiger partial charge is 0.333 e. The fourth-order valence-electron chi connectivity index (χ4n) is 1.03. The van der Waals surface area contributed by atoms with Gasteiger partial charge in [-0.15, -0.1) is 0 Å². The molecule has 0 aromatic rings. The third-order valence-corrected chi connectivity index (χ3v) is 2.56. The Hall–Kier alpha value is -1.07. The van der Waals surface area contributed by atoms with E-state index < -0.39 is 11.4 Å². The number of esters is 1. The van der Waals surface area contributed by atoms with E-state index in [9.17, 15) is 4.79 Å². The van der Waals surface area contributed by atoms with Crippen LogP contribution in [0.15, 0.2) is 12.3 Å². The molecule has 0 bridgehead atoms. The summed E-state index contributed by atoms with van der Waals surface area (Å²) in [4.78, 5) is 11.2. The van der Waals surface area contributed by atoms with Crippen LogP contribution in [0.25, 0.3) is 0 Å². The Morgan fingerprint density at radius 1 is 1.29 bits per heavy atom. The molecule has 0 aliphatic rings. The predicted molar refractivity (Wildman–Crippen MR) is 63.2 cm³/mol. The lowest BCUT2D eigenvalue weighted by atomic mass is 9.88. The summed E-state index contributed by atoms with van der Waals surface area (Å²) in [5.74, 6) is -0.541. The van der Waals surface area contributed by atoms with Crippen LogP contribution in [-0.4, -0.2) is 42.6 Å². The van der Waals surface area contributed by atoms with E-state index >= 15 is 0 Å². The van der Waals surface area contributed by atoms with Gasteiger partial charge in [0.25, 0.3) is 0 Å². The molecule has 0 spiro atoms. The van der Waals surface area contributed by atoms with E-state index in [2.05, 4.69) is 0 Å². The third-order valence-electron chi connectivity index (χ3n) is 2.56. The van der Waals surface area contributed by atoms with Gasteiger partial charge in [-0.05, 0) is 12.8 Å². The Balaban J connectivity index is 4.00. The molecule has 0 radical (unpaired) electrons. The molecule has 0 aromatic carbocycles. The van der Waals surface area contributed by atoms with Crippen LogP contribution < -0.4 is 0 Å². The minimum Gasteiger partial charge on any atom is -0.501 e. The Morgan fingerprint density at radius 2 is 1.94 bits per heavy atom. The Labute approximate surface area is 102 Å². The second kappa shape index (κ2) is 9.01. The van der Waals surface area contributed by atoms with Crippen molar-refractivity contribution in [2.24, 2.45) is 5.41 Å². The number of ether oxygens (including phenoxy) is 2. The van der Waals surface area contributed by atoms with E-state index in [1.54, 1.807) is 0 Å². The number of aliphatic hydroxyl groups is 2. The molecule has 5 heteroatoms. The standard InChI is InChI=1S/C12H22O5/c1-3-6-16-7-5-11(15)17-10-12(4-2,8-13)9-14/h5,7,13-14H,3-4,6,8-10H2,1-2H3. The van der Waals surface area contributed by atoms with Gasteiger partial charge in [0, 0.05) is 0 Å². The zero-order chi connectivity index (χ0) is 13.1. The van der Waals surface area contributed by atoms with E-state index in [-0.39, 0.29) is 19.8 Å². The molecule has 0 unspecified atom stereocenters. The lowest BCUT2D eigenvalue weighted by Crippen LogP contribution is -2.35. The molecule has 0 amide bonds. The summed E-state index contributed by atoms with van der Waals surface area (Å²) in [6.07, 6.45) is 3.87. The molecule has 0 aromatic heterocycles. The molecule has 0 rings (SSSR count). The molecule has 17 heavy (non-hydrogen) atoms. The van der Waals surface area contributed by atoms with Gasteiger partial charge < -0.3 is 19.7 Å². The summed E-state index contributed by atoms with van der Waals surface area (Å²) < 4.78 is 9.92. The highest BCUT2D eigenvalue weighted by Gasteiger charge is 2.28. The highest BCUT2D eigenvalue weighted by Crippen LogP contribution is 2.20. The van der Waals surface area contributed by atoms with Crippen LogP contribution >= 0.6 is 0 Å². The van der Waals surface area contributed by atoms with Crippen LogP contribution in [0.3, 0.4) is 0 Å². The van der Waals surface area contributed by atoms with E-state index in [0.717, 1.165) is 6.42 Å². The second-order valence-electron chi connectivity index (χ2n) is 3.95. The fraction of sp³-hybridized carbons (Fsp3) is 0.750. The van der Waals surface area contributed by atoms with Crippen molar-refractivity contribution in [1.82, 2.24) is 0 Å². The molecular formula is C12H22O5. The van der Waals surface area contributed by atoms with Crippen molar-refractivity contribution < 1.29 is 24.5 Å². The van der Waals surface area contributed by atoms with Crippen LogP contribution in [0.5, 0.6) is 0 Å². The summed E-state index contributed by atoms with van der Waals surface area (Å²) >= 11 is 0. The molecule has 2 N–H and O–H groups in total. The van der Waals surface area contributed by atoms with Crippen molar-refractivity contribution in [2.75, 3.05) is 26.4 Å². The van der Waals surface area contributed by atoms with Gasteiger partial charge in [0.15, 0.2) is 0 Å². The van der Waals surface area contributed by atoms with Crippen molar-refractivity contribution in [3.8, 4) is 0 Å². The highest BCUT2D eigenvalue weighted by atomic mass is 16.5. The van der Waals surface area contributed by atoms with E-state index in [4.69, 9.17) is 19.7 Å². The maximum Gasteiger partial charge on any atom is 0.333 e. The van der Waals surface area contributed by atoms with Crippen molar-refractivity contribution in [1.29, 1.82) is 0 Å². The predicted octanol–water partition coefficient (Wildman–Crippen LogP) is 0.851. The Bertz CT molecular complexity index is 225. The van der Waals surface area contributed by atoms with Gasteiger partial charge in [-0.3, -0.25) is 0 Å². The normalized spacial score (nSPS) is 11.8. The van der Waals surface area contributed by atoms with Crippen LogP contribution in [-0.2, 0) is 14.3 Å². The lowest BCUT2D eigenvalue weighted by molar-refractivity contribution is -0.144. The van der Waals surface area contributed by atoms with Gasteiger partial charge in [-0.2, -0.15) is 0 Å². The maximum atomic E-state index is 11.2. The average Bonchev–Trinajstić information content (AvgIpc) is 2.37. The van der Waals surface area contributed by atoms with Crippen molar-refractivity contribution in [3.63, 3.8) is 0 Å². The lowest BCUT2D eigenvalue weighted by Gasteiger charge is -2.27. The average molecular weight is 246 g/mol. The molecule has 0 fully saturated rings. The zero-order valence-electron chi connectivity index (χ0n) is 10.5. The van der Waals surface area contributed by atoms with E-state index in [1.807, 2.05) is 13.8 Å². The second-order valence-corrected chi connectivity index (χ2v) is 3.95. The first-order valence-electron chi connectivity index (χ1n) is 5.80. The van der Waals surface area contributed by atoms with Crippen LogP contribution in [0.4, 0.5) is 0 Å². The molecule has 0 aliphatic carbocycles. The zero-order valence-corrected chi connectivity index (χ0v) is 10.5. The van der Waals surface area contributed by atoms with E-state index in [1.165, 1.54) is 12.3 Å². The van der Waals surface area contributed by atoms with Gasteiger partial charge in [-0.1, -0.05) is 13.8 Å². The Morgan fingerprint density at radius 3 is 2.41 bits per heavy atom. The Kier molecular flexibility index (Phi) is 8.44. The third kappa shape index (κ3) is 6.28. The van der Waals surface area contributed by atoms with Gasteiger partial charge in [0.2, 0.25) is 0 Å². The summed E-state index contributed by atoms with van der Waals surface area (Å²) in [5.41, 5.74) is -0.756. The summed E-state index contributed by atoms with van der Waals surface area (Å²) in [7, 11) is 0. The topological polar surface area (TPSA) is 76.0 Å². The number of aliphatic hydroxyl groups excluding tert-OH is 2. The molecule has 0 atom stereocenters. The first-order valence-corrected chi connectivity index (χ1v) is 5.80. The fourth-order valence-corrected chi connectivity index (χ4v) is 1.03. The largest absolute Gasteiger partial charge is 0.501 e. The molecule has 100 valence electrons. The number of carbonyl (C=O) groups is 1. The van der Waals surface area contributed by atoms with Crippen molar-refractivity contribution in [3.05, 3.63) is 12.3 Å². The van der Waals surface area contributed by atoms with E-state index in [0.29, 0.717) is 13.0 Å². The quantitative estimate of drug-likeness (QED) is 0.273. The molecule has 5 nitrogen and oxygen atoms in total. The first-order chi connectivity index (χ1) is 8.14. The summed E-state index contributed by atoms with van der Waals surface area (Å²) in [6, 6.07) is 0. The SMILES string of the molecule is CCCOC=CC(=O)OCC(CC)(CO)CO. The molecule has 0 saturated carbocycles. The highest BCUT2D eigenvalue weighted by molar-refractivity contribution is 5.81. The van der Waals surface area contributed by atoms with Gasteiger partial charge in [0.05, 0.1) is 37.6 Å². The van der Waals surface area contributed by atoms with Gasteiger partial charge in [-0.25, -0.2) is 4.79 Å². The van der Waals surface area contributed by atoms with Crippen LogP contribution in [0.2, 0.25) is 0 Å². The van der Waals surface area contributed by atoms with Crippen molar-refractivity contribution >= 4 is 5.97 Å². The minimum atomic E-state index is -0.756. The number of rotatable bonds is 9. The molecule has 0 aliphatic heterocycles. The number of hydrogen-bond donors (Lipinski definition) is 2. The molecule has 0 heterocycles. The number of hydrogen-bond acceptors (Lipinski definition) is 5. The number of carbonyl (C=O) groups excluding carboxylic acids is 1. The minimum absolute atomic E-state index is 0.00650. The summed E-state index contributed by atoms with van der Waals surface area (Å²) in [6.45, 7) is 3.89. The van der Waals surface area contributed by atoms with Gasteiger partial charge in [0.1, 0.15) is 6.61 Å². The first kappa shape index (κ1) is 15.9. The van der Waals surface area contributed by atoms with Crippen LogP contribution in [0.1, 0.15) is 26.7 Å². The monoisotopic (exact) mass is 246 g/mol. The summed E-state index contributed by atoms with van der Waals surface area (Å²) in [5, 5.41) is 18.3.